The second kappa shape index (κ2) is 6.02. The molecule has 7 heteroatoms. The molecule has 0 spiro atoms. The molecular weight excluding hydrogens is 298 g/mol. The summed E-state index contributed by atoms with van der Waals surface area (Å²) in [5, 5.41) is 8.97. The Morgan fingerprint density at radius 3 is 2.95 bits per heavy atom. The zero-order valence-electron chi connectivity index (χ0n) is 12.1. The van der Waals surface area contributed by atoms with E-state index in [0.717, 1.165) is 54.8 Å². The van der Waals surface area contributed by atoms with Crippen LogP contribution in [-0.2, 0) is 6.54 Å². The van der Waals surface area contributed by atoms with Crippen molar-refractivity contribution in [2.75, 3.05) is 13.1 Å². The minimum absolute atomic E-state index is 0.491. The number of aromatic nitrogens is 4. The van der Waals surface area contributed by atoms with Crippen LogP contribution in [0.15, 0.2) is 34.5 Å². The van der Waals surface area contributed by atoms with E-state index in [2.05, 4.69) is 31.1 Å². The molecule has 0 saturated carbocycles. The Labute approximate surface area is 132 Å². The van der Waals surface area contributed by atoms with E-state index in [0.29, 0.717) is 5.92 Å². The van der Waals surface area contributed by atoms with E-state index in [9.17, 15) is 0 Å². The first-order valence-electron chi connectivity index (χ1n) is 7.44. The summed E-state index contributed by atoms with van der Waals surface area (Å²) < 4.78 is 5.86. The van der Waals surface area contributed by atoms with Crippen LogP contribution in [0.5, 0.6) is 0 Å². The molecule has 0 radical (unpaired) electrons. The van der Waals surface area contributed by atoms with Crippen LogP contribution < -0.4 is 0 Å². The highest BCUT2D eigenvalue weighted by Crippen LogP contribution is 2.28. The smallest absolute Gasteiger partial charge is 0.209 e. The Morgan fingerprint density at radius 1 is 1.32 bits per heavy atom. The van der Waals surface area contributed by atoms with Gasteiger partial charge in [-0.3, -0.25) is 10.00 Å². The number of hydrogen-bond donors (Lipinski definition) is 1. The van der Waals surface area contributed by atoms with Crippen molar-refractivity contribution in [1.29, 1.82) is 0 Å². The highest BCUT2D eigenvalue weighted by atomic mass is 32.1. The van der Waals surface area contributed by atoms with Crippen LogP contribution in [0.4, 0.5) is 0 Å². The molecule has 0 unspecified atom stereocenters. The van der Waals surface area contributed by atoms with Crippen molar-refractivity contribution >= 4 is 11.3 Å². The van der Waals surface area contributed by atoms with Gasteiger partial charge in [-0.15, -0.1) is 11.3 Å². The molecule has 1 aliphatic rings. The van der Waals surface area contributed by atoms with Gasteiger partial charge in [0.25, 0.3) is 0 Å². The number of nitrogens with zero attached hydrogens (tertiary/aromatic N) is 4. The van der Waals surface area contributed by atoms with Crippen LogP contribution in [0.1, 0.15) is 30.5 Å². The summed E-state index contributed by atoms with van der Waals surface area (Å²) >= 11 is 1.67. The third-order valence-corrected chi connectivity index (χ3v) is 4.97. The summed E-state index contributed by atoms with van der Waals surface area (Å²) in [4.78, 5) is 12.2. The summed E-state index contributed by atoms with van der Waals surface area (Å²) in [5.74, 6) is 3.16. The molecule has 6 nitrogen and oxygen atoms in total. The highest BCUT2D eigenvalue weighted by Gasteiger charge is 2.23. The Balaban J connectivity index is 1.35. The average molecular weight is 315 g/mol. The minimum atomic E-state index is 0.491. The van der Waals surface area contributed by atoms with E-state index in [1.54, 1.807) is 17.7 Å². The number of nitrogens with one attached hydrogen (secondary N) is 1. The van der Waals surface area contributed by atoms with Gasteiger partial charge in [-0.05, 0) is 37.4 Å². The lowest BCUT2D eigenvalue weighted by molar-refractivity contribution is 0.186. The molecule has 1 aliphatic heterocycles. The number of aromatic amines is 1. The maximum absolute atomic E-state index is 5.86. The van der Waals surface area contributed by atoms with Crippen molar-refractivity contribution in [3.05, 3.63) is 41.8 Å². The third kappa shape index (κ3) is 2.82. The molecule has 0 bridgehead atoms. The van der Waals surface area contributed by atoms with Gasteiger partial charge in [-0.2, -0.15) is 5.10 Å². The summed E-state index contributed by atoms with van der Waals surface area (Å²) in [7, 11) is 0. The van der Waals surface area contributed by atoms with E-state index in [1.807, 2.05) is 17.6 Å². The standard InChI is InChI=1S/C15H17N5OS/c1-2-13(22-7-1)12-8-16-14(21-12)9-20-5-3-11(4-6-20)15-17-10-18-19-15/h1-2,7-8,10-11H,3-6,9H2,(H,17,18,19). The van der Waals surface area contributed by atoms with Gasteiger partial charge in [0.2, 0.25) is 5.89 Å². The van der Waals surface area contributed by atoms with E-state index in [4.69, 9.17) is 4.42 Å². The number of hydrogen-bond acceptors (Lipinski definition) is 6. The first kappa shape index (κ1) is 13.7. The molecule has 1 fully saturated rings. The molecule has 0 atom stereocenters. The van der Waals surface area contributed by atoms with E-state index < -0.39 is 0 Å². The molecule has 4 heterocycles. The van der Waals surface area contributed by atoms with Gasteiger partial charge >= 0.3 is 0 Å². The molecular formula is C15H17N5OS. The SMILES string of the molecule is c1csc(-c2cnc(CN3CCC(c4ncn[nH]4)CC3)o2)c1. The summed E-state index contributed by atoms with van der Waals surface area (Å²) in [6.07, 6.45) is 5.59. The molecule has 3 aromatic heterocycles. The van der Waals surface area contributed by atoms with Crippen molar-refractivity contribution in [3.63, 3.8) is 0 Å². The van der Waals surface area contributed by atoms with E-state index >= 15 is 0 Å². The highest BCUT2D eigenvalue weighted by molar-refractivity contribution is 7.13. The van der Waals surface area contributed by atoms with Crippen LogP contribution in [0.25, 0.3) is 10.6 Å². The van der Waals surface area contributed by atoms with Crippen LogP contribution in [-0.4, -0.2) is 38.2 Å². The number of thiophene rings is 1. The molecule has 1 saturated heterocycles. The van der Waals surface area contributed by atoms with Crippen molar-refractivity contribution in [3.8, 4) is 10.6 Å². The molecule has 22 heavy (non-hydrogen) atoms. The van der Waals surface area contributed by atoms with Gasteiger partial charge in [-0.25, -0.2) is 9.97 Å². The predicted molar refractivity (Wildman–Crippen MR) is 83.5 cm³/mol. The summed E-state index contributed by atoms with van der Waals surface area (Å²) in [6, 6.07) is 4.08. The lowest BCUT2D eigenvalue weighted by Gasteiger charge is -2.29. The zero-order chi connectivity index (χ0) is 14.8. The van der Waals surface area contributed by atoms with Crippen LogP contribution in [0, 0.1) is 0 Å². The molecule has 0 aliphatic carbocycles. The summed E-state index contributed by atoms with van der Waals surface area (Å²) in [6.45, 7) is 2.83. The average Bonchev–Trinajstić information content (AvgIpc) is 3.30. The Kier molecular flexibility index (Phi) is 3.74. The van der Waals surface area contributed by atoms with Gasteiger partial charge < -0.3 is 4.42 Å². The first-order valence-corrected chi connectivity index (χ1v) is 8.32. The quantitative estimate of drug-likeness (QED) is 0.801. The van der Waals surface area contributed by atoms with E-state index in [1.165, 1.54) is 0 Å². The second-order valence-electron chi connectivity index (χ2n) is 5.52. The van der Waals surface area contributed by atoms with Crippen molar-refractivity contribution in [2.45, 2.75) is 25.3 Å². The first-order chi connectivity index (χ1) is 10.9. The normalized spacial score (nSPS) is 17.1. The fourth-order valence-electron chi connectivity index (χ4n) is 2.88. The van der Waals surface area contributed by atoms with Gasteiger partial charge in [0.05, 0.1) is 17.6 Å². The number of piperidine rings is 1. The largest absolute Gasteiger partial charge is 0.438 e. The maximum atomic E-state index is 5.86. The van der Waals surface area contributed by atoms with Crippen molar-refractivity contribution in [1.82, 2.24) is 25.1 Å². The molecule has 0 amide bonds. The van der Waals surface area contributed by atoms with Crippen LogP contribution in [0.2, 0.25) is 0 Å². The van der Waals surface area contributed by atoms with Gasteiger partial charge in [0.1, 0.15) is 12.2 Å². The van der Waals surface area contributed by atoms with Crippen molar-refractivity contribution < 1.29 is 4.42 Å². The monoisotopic (exact) mass is 315 g/mol. The molecule has 0 aromatic carbocycles. The minimum Gasteiger partial charge on any atom is -0.438 e. The van der Waals surface area contributed by atoms with Gasteiger partial charge in [-0.1, -0.05) is 6.07 Å². The second-order valence-corrected chi connectivity index (χ2v) is 6.46. The molecule has 1 N–H and O–H groups in total. The predicted octanol–water partition coefficient (Wildman–Crippen LogP) is 2.90. The number of rotatable bonds is 4. The molecule has 114 valence electrons. The lowest BCUT2D eigenvalue weighted by Crippen LogP contribution is -2.32. The molecule has 3 aromatic rings. The number of oxazole rings is 1. The van der Waals surface area contributed by atoms with Gasteiger partial charge in [0.15, 0.2) is 5.76 Å². The van der Waals surface area contributed by atoms with Crippen molar-refractivity contribution in [2.24, 2.45) is 0 Å². The van der Waals surface area contributed by atoms with E-state index in [-0.39, 0.29) is 0 Å². The summed E-state index contributed by atoms with van der Waals surface area (Å²) in [5.41, 5.74) is 0. The van der Waals surface area contributed by atoms with Crippen LogP contribution >= 0.6 is 11.3 Å². The van der Waals surface area contributed by atoms with Crippen LogP contribution in [0.3, 0.4) is 0 Å². The lowest BCUT2D eigenvalue weighted by atomic mass is 9.96. The third-order valence-electron chi connectivity index (χ3n) is 4.08. The number of H-pyrrole nitrogens is 1. The fourth-order valence-corrected chi connectivity index (χ4v) is 3.55. The zero-order valence-corrected chi connectivity index (χ0v) is 12.9. The fraction of sp³-hybridized carbons (Fsp3) is 0.400. The Hall–Kier alpha value is -1.99. The Morgan fingerprint density at radius 2 is 2.23 bits per heavy atom. The van der Waals surface area contributed by atoms with Gasteiger partial charge in [0, 0.05) is 5.92 Å². The molecule has 4 rings (SSSR count). The number of likely N-dealkylation sites (tertiary alicyclic amines) is 1. The Bertz CT molecular complexity index is 698. The topological polar surface area (TPSA) is 70.8 Å². The maximum Gasteiger partial charge on any atom is 0.209 e.